The Hall–Kier alpha value is -3.33. The van der Waals surface area contributed by atoms with Gasteiger partial charge in [-0.05, 0) is 55.9 Å². The van der Waals surface area contributed by atoms with Crippen molar-refractivity contribution >= 4 is 5.82 Å². The predicted octanol–water partition coefficient (Wildman–Crippen LogP) is 4.26. The highest BCUT2D eigenvalue weighted by Crippen LogP contribution is 2.40. The summed E-state index contributed by atoms with van der Waals surface area (Å²) in [5, 5.41) is 14.1. The maximum absolute atomic E-state index is 15.3. The Labute approximate surface area is 202 Å². The molecule has 4 heterocycles. The van der Waals surface area contributed by atoms with Crippen LogP contribution < -0.4 is 15.0 Å². The number of hydrogen-bond donors (Lipinski definition) is 2. The number of ether oxygens (including phenoxy) is 1. The fourth-order valence-electron chi connectivity index (χ4n) is 5.49. The largest absolute Gasteiger partial charge is 0.507 e. The summed E-state index contributed by atoms with van der Waals surface area (Å²) in [6, 6.07) is 6.18. The first-order chi connectivity index (χ1) is 17.0. The van der Waals surface area contributed by atoms with Gasteiger partial charge in [0.25, 0.3) is 0 Å². The average molecular weight is 480 g/mol. The van der Waals surface area contributed by atoms with Crippen molar-refractivity contribution in [3.05, 3.63) is 48.7 Å². The zero-order valence-corrected chi connectivity index (χ0v) is 19.4. The minimum Gasteiger partial charge on any atom is -0.507 e. The van der Waals surface area contributed by atoms with Gasteiger partial charge in [-0.2, -0.15) is 0 Å². The summed E-state index contributed by atoms with van der Waals surface area (Å²) < 4.78 is 35.5. The Kier molecular flexibility index (Phi) is 5.51. The number of nitrogens with zero attached hydrogens (tertiary/aromatic N) is 4. The molecule has 0 amide bonds. The van der Waals surface area contributed by atoms with Crippen LogP contribution in [-0.4, -0.2) is 57.5 Å². The molecule has 3 aromatic rings. The first-order valence-electron chi connectivity index (χ1n) is 12.1. The van der Waals surface area contributed by atoms with Crippen molar-refractivity contribution in [2.75, 3.05) is 12.0 Å². The van der Waals surface area contributed by atoms with E-state index >= 15 is 8.78 Å². The summed E-state index contributed by atoms with van der Waals surface area (Å²) in [4.78, 5) is 15.2. The minimum absolute atomic E-state index is 0.0916. The normalized spacial score (nSPS) is 25.5. The highest BCUT2D eigenvalue weighted by atomic mass is 19.1. The van der Waals surface area contributed by atoms with Gasteiger partial charge in [0, 0.05) is 41.5 Å². The molecule has 2 N–H and O–H groups in total. The molecule has 0 radical (unpaired) electrons. The minimum atomic E-state index is -0.951. The van der Waals surface area contributed by atoms with Crippen LogP contribution in [0.5, 0.6) is 11.6 Å². The Morgan fingerprint density at radius 1 is 1.06 bits per heavy atom. The van der Waals surface area contributed by atoms with E-state index in [0.717, 1.165) is 32.1 Å². The monoisotopic (exact) mass is 479 g/mol. The van der Waals surface area contributed by atoms with E-state index in [1.54, 1.807) is 18.3 Å². The van der Waals surface area contributed by atoms with Crippen LogP contribution in [0.4, 0.5) is 14.6 Å². The Bertz CT molecular complexity index is 1240. The van der Waals surface area contributed by atoms with Gasteiger partial charge in [-0.3, -0.25) is 4.98 Å². The second kappa shape index (κ2) is 8.71. The molecule has 9 heteroatoms. The molecular weight excluding hydrogens is 452 g/mol. The maximum atomic E-state index is 15.3. The standard InChI is InChI=1S/C26H27F2N5O2/c1-35-25-8-14(6-7-29-25)17-11-23(34)18(10-19(17)27)21-12-31-24(13-30-21)33(16-3-4-16)22-9-15-2-5-20(32-15)26(22)28/h6-8,10-13,15-16,20,22,26,32,34H,2-5,9H2,1H3/t15-,20+,22?,26?/m1/s1. The molecule has 2 aliphatic heterocycles. The van der Waals surface area contributed by atoms with Crippen molar-refractivity contribution in [2.45, 2.75) is 62.4 Å². The number of rotatable bonds is 6. The number of aromatic hydroxyl groups is 1. The molecule has 7 nitrogen and oxygen atoms in total. The van der Waals surface area contributed by atoms with Crippen molar-refractivity contribution in [3.8, 4) is 34.0 Å². The van der Waals surface area contributed by atoms with E-state index in [9.17, 15) is 5.11 Å². The van der Waals surface area contributed by atoms with E-state index in [2.05, 4.69) is 25.2 Å². The zero-order valence-electron chi connectivity index (χ0n) is 19.4. The predicted molar refractivity (Wildman–Crippen MR) is 128 cm³/mol. The number of nitrogens with one attached hydrogen (secondary N) is 1. The van der Waals surface area contributed by atoms with E-state index in [-0.39, 0.29) is 35.0 Å². The van der Waals surface area contributed by atoms with E-state index in [1.807, 2.05) is 0 Å². The van der Waals surface area contributed by atoms with Crippen LogP contribution in [0.2, 0.25) is 0 Å². The quantitative estimate of drug-likeness (QED) is 0.547. The first kappa shape index (κ1) is 22.2. The van der Waals surface area contributed by atoms with Gasteiger partial charge in [-0.15, -0.1) is 0 Å². The van der Waals surface area contributed by atoms with Crippen LogP contribution in [0.1, 0.15) is 32.1 Å². The summed E-state index contributed by atoms with van der Waals surface area (Å²) in [6.45, 7) is 0. The lowest BCUT2D eigenvalue weighted by Crippen LogP contribution is -2.57. The third kappa shape index (κ3) is 4.07. The lowest BCUT2D eigenvalue weighted by atomic mass is 9.96. The van der Waals surface area contributed by atoms with Crippen LogP contribution in [0.3, 0.4) is 0 Å². The molecule has 2 bridgehead atoms. The number of piperidine rings is 1. The van der Waals surface area contributed by atoms with Gasteiger partial charge >= 0.3 is 0 Å². The van der Waals surface area contributed by atoms with Gasteiger partial charge in [0.05, 0.1) is 31.2 Å². The third-order valence-electron chi connectivity index (χ3n) is 7.37. The number of alkyl halides is 1. The number of halogens is 2. The smallest absolute Gasteiger partial charge is 0.213 e. The summed E-state index contributed by atoms with van der Waals surface area (Å²) in [5.41, 5.74) is 1.36. The van der Waals surface area contributed by atoms with Crippen molar-refractivity contribution in [1.82, 2.24) is 20.3 Å². The molecule has 2 aromatic heterocycles. The molecule has 3 fully saturated rings. The fraction of sp³-hybridized carbons (Fsp3) is 0.423. The summed E-state index contributed by atoms with van der Waals surface area (Å²) in [7, 11) is 1.49. The van der Waals surface area contributed by atoms with Crippen LogP contribution in [-0.2, 0) is 0 Å². The number of pyridine rings is 1. The van der Waals surface area contributed by atoms with Gasteiger partial charge in [0.2, 0.25) is 5.88 Å². The summed E-state index contributed by atoms with van der Waals surface area (Å²) in [6.07, 6.45) is 8.38. The zero-order chi connectivity index (χ0) is 24.1. The molecule has 0 spiro atoms. The van der Waals surface area contributed by atoms with Crippen LogP contribution >= 0.6 is 0 Å². The van der Waals surface area contributed by atoms with Crippen LogP contribution in [0, 0.1) is 5.82 Å². The van der Waals surface area contributed by atoms with E-state index < -0.39 is 12.0 Å². The average Bonchev–Trinajstić information content (AvgIpc) is 3.63. The van der Waals surface area contributed by atoms with Crippen molar-refractivity contribution in [2.24, 2.45) is 0 Å². The number of benzene rings is 1. The van der Waals surface area contributed by atoms with Crippen molar-refractivity contribution in [3.63, 3.8) is 0 Å². The number of phenols is 1. The van der Waals surface area contributed by atoms with Gasteiger partial charge in [-0.25, -0.2) is 18.7 Å². The second-order valence-corrected chi connectivity index (χ2v) is 9.63. The summed E-state index contributed by atoms with van der Waals surface area (Å²) >= 11 is 0. The van der Waals surface area contributed by atoms with Gasteiger partial charge < -0.3 is 20.1 Å². The highest BCUT2D eigenvalue weighted by Gasteiger charge is 2.48. The maximum Gasteiger partial charge on any atom is 0.213 e. The third-order valence-corrected chi connectivity index (χ3v) is 7.37. The molecule has 2 unspecified atom stereocenters. The lowest BCUT2D eigenvalue weighted by molar-refractivity contribution is 0.171. The SMILES string of the molecule is COc1cc(-c2cc(O)c(-c3cnc(N(C4CC4)C4C[C@H]5CC[C@H](N5)C4F)cn3)cc2F)ccn1. The van der Waals surface area contributed by atoms with E-state index in [1.165, 1.54) is 31.6 Å². The molecule has 6 rings (SSSR count). The van der Waals surface area contributed by atoms with Gasteiger partial charge in [-0.1, -0.05) is 0 Å². The lowest BCUT2D eigenvalue weighted by Gasteiger charge is -2.41. The molecule has 35 heavy (non-hydrogen) atoms. The molecule has 4 atom stereocenters. The molecule has 3 aliphatic rings. The Morgan fingerprint density at radius 2 is 1.91 bits per heavy atom. The fourth-order valence-corrected chi connectivity index (χ4v) is 5.49. The topological polar surface area (TPSA) is 83.4 Å². The van der Waals surface area contributed by atoms with Crippen molar-refractivity contribution in [1.29, 1.82) is 0 Å². The first-order valence-corrected chi connectivity index (χ1v) is 12.1. The number of aromatic nitrogens is 3. The molecule has 2 saturated heterocycles. The van der Waals surface area contributed by atoms with Gasteiger partial charge in [0.1, 0.15) is 23.6 Å². The summed E-state index contributed by atoms with van der Waals surface area (Å²) in [5.74, 6) is 0.356. The van der Waals surface area contributed by atoms with Gasteiger partial charge in [0.15, 0.2) is 0 Å². The number of hydrogen-bond acceptors (Lipinski definition) is 7. The van der Waals surface area contributed by atoms with Crippen molar-refractivity contribution < 1.29 is 18.6 Å². The molecular formula is C26H27F2N5O2. The Morgan fingerprint density at radius 3 is 2.66 bits per heavy atom. The molecule has 1 aromatic carbocycles. The number of phenolic OH excluding ortho intramolecular Hbond substituents is 1. The Balaban J connectivity index is 1.28. The van der Waals surface area contributed by atoms with Crippen LogP contribution in [0.15, 0.2) is 42.9 Å². The molecule has 1 saturated carbocycles. The molecule has 1 aliphatic carbocycles. The van der Waals surface area contributed by atoms with E-state index in [0.29, 0.717) is 29.0 Å². The van der Waals surface area contributed by atoms with Crippen LogP contribution in [0.25, 0.3) is 22.4 Å². The number of fused-ring (bicyclic) bond motifs is 2. The second-order valence-electron chi connectivity index (χ2n) is 9.63. The highest BCUT2D eigenvalue weighted by molar-refractivity contribution is 5.75. The number of anilines is 1. The number of methoxy groups -OCH3 is 1. The molecule has 182 valence electrons. The van der Waals surface area contributed by atoms with E-state index in [4.69, 9.17) is 4.74 Å².